The highest BCUT2D eigenvalue weighted by atomic mass is 19.4. The van der Waals surface area contributed by atoms with Gasteiger partial charge in [0.05, 0.1) is 19.2 Å². The average molecular weight is 319 g/mol. The minimum Gasteiger partial charge on any atom is -0.495 e. The van der Waals surface area contributed by atoms with E-state index in [1.54, 1.807) is 0 Å². The number of nitrogens with zero attached hydrogens (tertiary/aromatic N) is 1. The van der Waals surface area contributed by atoms with Crippen LogP contribution < -0.4 is 9.47 Å². The fourth-order valence-corrected chi connectivity index (χ4v) is 1.37. The van der Waals surface area contributed by atoms with Crippen LogP contribution >= 0.6 is 0 Å². The molecule has 11 heteroatoms. The Balaban J connectivity index is 3.45. The summed E-state index contributed by atoms with van der Waals surface area (Å²) in [6, 6.07) is 0.293. The molecule has 0 aromatic carbocycles. The van der Waals surface area contributed by atoms with Crippen LogP contribution in [0.1, 0.15) is 11.4 Å². The molecule has 5 nitrogen and oxygen atoms in total. The van der Waals surface area contributed by atoms with Crippen molar-refractivity contribution in [3.05, 3.63) is 17.5 Å². The van der Waals surface area contributed by atoms with Gasteiger partial charge in [-0.2, -0.15) is 13.2 Å². The molecule has 1 aromatic rings. The van der Waals surface area contributed by atoms with Crippen molar-refractivity contribution in [1.29, 1.82) is 0 Å². The molecule has 1 aromatic heterocycles. The first kappa shape index (κ1) is 16.9. The van der Waals surface area contributed by atoms with Crippen LogP contribution in [-0.4, -0.2) is 29.5 Å². The minimum absolute atomic E-state index is 0.293. The van der Waals surface area contributed by atoms with Gasteiger partial charge in [0.2, 0.25) is 0 Å². The molecule has 0 aliphatic rings. The predicted molar refractivity (Wildman–Crippen MR) is 53.8 cm³/mol. The van der Waals surface area contributed by atoms with Crippen molar-refractivity contribution >= 4 is 5.97 Å². The number of alkyl halides is 6. The van der Waals surface area contributed by atoms with Gasteiger partial charge in [-0.05, 0) is 0 Å². The van der Waals surface area contributed by atoms with E-state index in [1.165, 1.54) is 0 Å². The van der Waals surface area contributed by atoms with Crippen LogP contribution in [0.25, 0.3) is 0 Å². The second-order valence-electron chi connectivity index (χ2n) is 3.60. The van der Waals surface area contributed by atoms with Gasteiger partial charge in [-0.3, -0.25) is 4.79 Å². The van der Waals surface area contributed by atoms with Gasteiger partial charge >= 0.3 is 18.5 Å². The van der Waals surface area contributed by atoms with E-state index in [4.69, 9.17) is 5.11 Å². The molecule has 1 N–H and O–H groups in total. The summed E-state index contributed by atoms with van der Waals surface area (Å²) in [5, 5.41) is 8.55. The van der Waals surface area contributed by atoms with E-state index in [0.717, 1.165) is 7.11 Å². The molecule has 0 saturated heterocycles. The van der Waals surface area contributed by atoms with Gasteiger partial charge in [-0.25, -0.2) is 4.98 Å². The Hall–Kier alpha value is -2.20. The second kappa shape index (κ2) is 5.66. The van der Waals surface area contributed by atoms with Crippen molar-refractivity contribution in [2.45, 2.75) is 19.0 Å². The monoisotopic (exact) mass is 319 g/mol. The minimum atomic E-state index is -5.37. The van der Waals surface area contributed by atoms with Crippen LogP contribution in [0.5, 0.6) is 11.5 Å². The number of carbonyl (C=O) groups is 1. The number of methoxy groups -OCH3 is 1. The summed E-state index contributed by atoms with van der Waals surface area (Å²) < 4.78 is 82.1. The standard InChI is InChI=1S/C10H7F6NO4/c1-20-5-3-6(21-10(14,15)16)8(9(11,12)13)17-4(5)2-7(18)19/h3H,2H2,1H3,(H,18,19). The summed E-state index contributed by atoms with van der Waals surface area (Å²) in [7, 11) is 0.937. The van der Waals surface area contributed by atoms with E-state index in [2.05, 4.69) is 14.5 Å². The van der Waals surface area contributed by atoms with Crippen molar-refractivity contribution in [2.24, 2.45) is 0 Å². The Kier molecular flexibility index (Phi) is 4.54. The molecule has 0 radical (unpaired) electrons. The highest BCUT2D eigenvalue weighted by Gasteiger charge is 2.42. The van der Waals surface area contributed by atoms with Gasteiger partial charge in [0.25, 0.3) is 0 Å². The molecule has 1 rings (SSSR count). The Bertz CT molecular complexity index is 540. The largest absolute Gasteiger partial charge is 0.573 e. The first-order valence-electron chi connectivity index (χ1n) is 5.06. The molecule has 0 aliphatic carbocycles. The van der Waals surface area contributed by atoms with Crippen LogP contribution in [0.3, 0.4) is 0 Å². The second-order valence-corrected chi connectivity index (χ2v) is 3.60. The lowest BCUT2D eigenvalue weighted by Gasteiger charge is -2.17. The summed E-state index contributed by atoms with van der Waals surface area (Å²) in [4.78, 5) is 13.4. The van der Waals surface area contributed by atoms with Crippen molar-refractivity contribution in [3.8, 4) is 11.5 Å². The van der Waals surface area contributed by atoms with E-state index >= 15 is 0 Å². The van der Waals surface area contributed by atoms with E-state index in [1.807, 2.05) is 0 Å². The molecule has 21 heavy (non-hydrogen) atoms. The SMILES string of the molecule is COc1cc(OC(F)(F)F)c(C(F)(F)F)nc1CC(=O)O. The average Bonchev–Trinajstić information content (AvgIpc) is 2.26. The highest BCUT2D eigenvalue weighted by molar-refractivity contribution is 5.70. The van der Waals surface area contributed by atoms with E-state index in [-0.39, 0.29) is 0 Å². The molecule has 0 spiro atoms. The van der Waals surface area contributed by atoms with Crippen molar-refractivity contribution in [1.82, 2.24) is 4.98 Å². The molecule has 0 bridgehead atoms. The Morgan fingerprint density at radius 1 is 1.24 bits per heavy atom. The number of ether oxygens (including phenoxy) is 2. The van der Waals surface area contributed by atoms with Gasteiger partial charge in [0, 0.05) is 6.07 Å². The lowest BCUT2D eigenvalue weighted by molar-refractivity contribution is -0.276. The molecule has 0 fully saturated rings. The van der Waals surface area contributed by atoms with Crippen molar-refractivity contribution < 1.29 is 45.7 Å². The number of hydrogen-bond acceptors (Lipinski definition) is 4. The molecule has 0 aliphatic heterocycles. The zero-order valence-corrected chi connectivity index (χ0v) is 10.2. The number of aliphatic carboxylic acids is 1. The lowest BCUT2D eigenvalue weighted by Crippen LogP contribution is -2.22. The Labute approximate surface area is 113 Å². The molecule has 0 saturated carbocycles. The Morgan fingerprint density at radius 3 is 2.19 bits per heavy atom. The number of hydrogen-bond donors (Lipinski definition) is 1. The van der Waals surface area contributed by atoms with Crippen molar-refractivity contribution in [3.63, 3.8) is 0 Å². The van der Waals surface area contributed by atoms with Gasteiger partial charge in [0.15, 0.2) is 11.4 Å². The number of aromatic nitrogens is 1. The highest BCUT2D eigenvalue weighted by Crippen LogP contribution is 2.39. The van der Waals surface area contributed by atoms with Crippen LogP contribution in [-0.2, 0) is 17.4 Å². The fraction of sp³-hybridized carbons (Fsp3) is 0.400. The summed E-state index contributed by atoms with van der Waals surface area (Å²) in [5.74, 6) is -3.72. The third-order valence-corrected chi connectivity index (χ3v) is 2.06. The third kappa shape index (κ3) is 4.68. The molecule has 0 amide bonds. The molecule has 0 atom stereocenters. The first-order valence-corrected chi connectivity index (χ1v) is 5.06. The van der Waals surface area contributed by atoms with Gasteiger partial charge in [-0.15, -0.1) is 13.2 Å². The zero-order chi connectivity index (χ0) is 16.4. The predicted octanol–water partition coefficient (Wildman–Crippen LogP) is 2.63. The maximum Gasteiger partial charge on any atom is 0.573 e. The van der Waals surface area contributed by atoms with Crippen LogP contribution in [0.4, 0.5) is 26.3 Å². The number of carboxylic acid groups (broad SMARTS) is 1. The normalized spacial score (nSPS) is 12.1. The topological polar surface area (TPSA) is 68.7 Å². The molecule has 118 valence electrons. The maximum absolute atomic E-state index is 12.7. The molecule has 0 unspecified atom stereocenters. The smallest absolute Gasteiger partial charge is 0.495 e. The van der Waals surface area contributed by atoms with E-state index in [9.17, 15) is 31.1 Å². The summed E-state index contributed by atoms with van der Waals surface area (Å²) in [6.45, 7) is 0. The molecule has 1 heterocycles. The third-order valence-electron chi connectivity index (χ3n) is 2.06. The maximum atomic E-state index is 12.7. The van der Waals surface area contributed by atoms with Crippen LogP contribution in [0.2, 0.25) is 0 Å². The summed E-state index contributed by atoms with van der Waals surface area (Å²) in [6.07, 6.45) is -11.6. The lowest BCUT2D eigenvalue weighted by atomic mass is 10.2. The molecular weight excluding hydrogens is 312 g/mol. The zero-order valence-electron chi connectivity index (χ0n) is 10.2. The Morgan fingerprint density at radius 2 is 1.81 bits per heavy atom. The summed E-state index contributed by atoms with van der Waals surface area (Å²) >= 11 is 0. The van der Waals surface area contributed by atoms with Gasteiger partial charge < -0.3 is 14.6 Å². The van der Waals surface area contributed by atoms with E-state index in [0.29, 0.717) is 6.07 Å². The van der Waals surface area contributed by atoms with Gasteiger partial charge in [-0.1, -0.05) is 0 Å². The van der Waals surface area contributed by atoms with Crippen LogP contribution in [0.15, 0.2) is 6.07 Å². The fourth-order valence-electron chi connectivity index (χ4n) is 1.37. The van der Waals surface area contributed by atoms with Gasteiger partial charge in [0.1, 0.15) is 5.75 Å². The number of carboxylic acids is 1. The van der Waals surface area contributed by atoms with E-state index < -0.39 is 47.8 Å². The summed E-state index contributed by atoms with van der Waals surface area (Å²) in [5.41, 5.74) is -2.66. The number of pyridine rings is 1. The number of rotatable bonds is 4. The first-order chi connectivity index (χ1) is 9.44. The van der Waals surface area contributed by atoms with Crippen molar-refractivity contribution in [2.75, 3.05) is 7.11 Å². The number of halogens is 6. The van der Waals surface area contributed by atoms with Crippen LogP contribution in [0, 0.1) is 0 Å². The quantitative estimate of drug-likeness (QED) is 0.864. The molecular formula is C10H7F6NO4.